The predicted molar refractivity (Wildman–Crippen MR) is 45.6 cm³/mol. The topological polar surface area (TPSA) is 41.5 Å². The summed E-state index contributed by atoms with van der Waals surface area (Å²) in [7, 11) is 1.81. The van der Waals surface area contributed by atoms with Crippen molar-refractivity contribution in [3.63, 3.8) is 0 Å². The summed E-state index contributed by atoms with van der Waals surface area (Å²) >= 11 is 0. The van der Waals surface area contributed by atoms with Gasteiger partial charge in [-0.15, -0.1) is 0 Å². The molecule has 0 saturated heterocycles. The van der Waals surface area contributed by atoms with E-state index in [0.717, 1.165) is 0 Å². The molecule has 1 atom stereocenters. The zero-order valence-electron chi connectivity index (χ0n) is 7.85. The minimum Gasteiger partial charge on any atom is -0.395 e. The van der Waals surface area contributed by atoms with Gasteiger partial charge in [0, 0.05) is 0 Å². The fraction of sp³-hybridized carbons (Fsp3) is 1.00. The van der Waals surface area contributed by atoms with E-state index in [9.17, 15) is 0 Å². The average molecular weight is 161 g/mol. The molecule has 0 bridgehead atoms. The van der Waals surface area contributed by atoms with Gasteiger partial charge in [-0.2, -0.15) is 0 Å². The second kappa shape index (κ2) is 4.70. The normalized spacial score (nSPS) is 15.0. The highest BCUT2D eigenvalue weighted by molar-refractivity contribution is 4.65. The molecule has 3 heteroatoms. The highest BCUT2D eigenvalue weighted by Crippen LogP contribution is 2.06. The fourth-order valence-corrected chi connectivity index (χ4v) is 0.578. The summed E-state index contributed by atoms with van der Waals surface area (Å²) in [4.78, 5) is 0. The molecule has 0 spiro atoms. The number of aliphatic hydroxyl groups excluding tert-OH is 1. The molecule has 0 amide bonds. The Morgan fingerprint density at radius 1 is 1.45 bits per heavy atom. The van der Waals surface area contributed by atoms with E-state index in [0.29, 0.717) is 6.61 Å². The van der Waals surface area contributed by atoms with Crippen LogP contribution < -0.4 is 5.32 Å². The number of rotatable bonds is 4. The third kappa shape index (κ3) is 6.28. The average Bonchev–Trinajstić information content (AvgIpc) is 1.88. The number of hydrogen-bond donors (Lipinski definition) is 2. The fourth-order valence-electron chi connectivity index (χ4n) is 0.578. The summed E-state index contributed by atoms with van der Waals surface area (Å²) in [5, 5.41) is 11.7. The van der Waals surface area contributed by atoms with E-state index >= 15 is 0 Å². The van der Waals surface area contributed by atoms with Gasteiger partial charge in [-0.3, -0.25) is 0 Å². The van der Waals surface area contributed by atoms with Crippen molar-refractivity contribution in [2.75, 3.05) is 20.3 Å². The highest BCUT2D eigenvalue weighted by Gasteiger charge is 2.12. The summed E-state index contributed by atoms with van der Waals surface area (Å²) in [6.07, 6.45) is 0. The molecule has 0 aromatic carbocycles. The molecule has 0 unspecified atom stereocenters. The van der Waals surface area contributed by atoms with E-state index < -0.39 is 0 Å². The Balaban J connectivity index is 3.51. The van der Waals surface area contributed by atoms with Gasteiger partial charge in [0.05, 0.1) is 24.9 Å². The predicted octanol–water partition coefficient (Wildman–Crippen LogP) is 0.382. The van der Waals surface area contributed by atoms with Gasteiger partial charge in [0.25, 0.3) is 0 Å². The van der Waals surface area contributed by atoms with Crippen molar-refractivity contribution in [2.45, 2.75) is 32.4 Å². The van der Waals surface area contributed by atoms with Crippen LogP contribution in [0.3, 0.4) is 0 Å². The molecule has 0 radical (unpaired) electrons. The van der Waals surface area contributed by atoms with Crippen molar-refractivity contribution in [3.05, 3.63) is 0 Å². The van der Waals surface area contributed by atoms with Crippen molar-refractivity contribution in [3.8, 4) is 0 Å². The van der Waals surface area contributed by atoms with Crippen molar-refractivity contribution in [2.24, 2.45) is 0 Å². The molecule has 2 N–H and O–H groups in total. The number of aliphatic hydroxyl groups is 1. The van der Waals surface area contributed by atoms with Gasteiger partial charge in [-0.25, -0.2) is 0 Å². The quantitative estimate of drug-likeness (QED) is 0.626. The van der Waals surface area contributed by atoms with Crippen molar-refractivity contribution >= 4 is 0 Å². The number of likely N-dealkylation sites (N-methyl/N-ethyl adjacent to an activating group) is 1. The summed E-state index contributed by atoms with van der Waals surface area (Å²) in [6.45, 7) is 6.66. The summed E-state index contributed by atoms with van der Waals surface area (Å²) < 4.78 is 5.45. The molecule has 68 valence electrons. The van der Waals surface area contributed by atoms with Gasteiger partial charge in [-0.05, 0) is 27.8 Å². The first kappa shape index (κ1) is 10.9. The van der Waals surface area contributed by atoms with Crippen LogP contribution in [0.5, 0.6) is 0 Å². The van der Waals surface area contributed by atoms with E-state index in [1.807, 2.05) is 27.8 Å². The van der Waals surface area contributed by atoms with Crippen LogP contribution in [0, 0.1) is 0 Å². The first-order valence-electron chi connectivity index (χ1n) is 3.91. The standard InChI is InChI=1S/C8H19NO2/c1-8(2,3)11-6-7(5-10)9-4/h7,9-10H,5-6H2,1-4H3/t7-/m1/s1. The highest BCUT2D eigenvalue weighted by atomic mass is 16.5. The molecular weight excluding hydrogens is 142 g/mol. The Kier molecular flexibility index (Phi) is 4.65. The Morgan fingerprint density at radius 3 is 2.27 bits per heavy atom. The first-order chi connectivity index (χ1) is 4.99. The van der Waals surface area contributed by atoms with Crippen LogP contribution in [-0.4, -0.2) is 37.0 Å². The van der Waals surface area contributed by atoms with Crippen LogP contribution in [0.4, 0.5) is 0 Å². The lowest BCUT2D eigenvalue weighted by atomic mass is 10.2. The number of ether oxygens (including phenoxy) is 1. The molecular formula is C8H19NO2. The van der Waals surface area contributed by atoms with Gasteiger partial charge in [-0.1, -0.05) is 0 Å². The SMILES string of the molecule is CN[C@H](CO)COC(C)(C)C. The van der Waals surface area contributed by atoms with Gasteiger partial charge in [0.2, 0.25) is 0 Å². The second-order valence-corrected chi connectivity index (χ2v) is 3.59. The van der Waals surface area contributed by atoms with E-state index in [-0.39, 0.29) is 18.2 Å². The van der Waals surface area contributed by atoms with E-state index in [2.05, 4.69) is 5.32 Å². The smallest absolute Gasteiger partial charge is 0.0649 e. The van der Waals surface area contributed by atoms with Crippen molar-refractivity contribution < 1.29 is 9.84 Å². The Labute approximate surface area is 68.8 Å². The lowest BCUT2D eigenvalue weighted by molar-refractivity contribution is -0.0202. The Bertz CT molecular complexity index is 94.8. The number of nitrogens with one attached hydrogen (secondary N) is 1. The molecule has 3 nitrogen and oxygen atoms in total. The summed E-state index contributed by atoms with van der Waals surface area (Å²) in [5.41, 5.74) is -0.121. The summed E-state index contributed by atoms with van der Waals surface area (Å²) in [5.74, 6) is 0. The lowest BCUT2D eigenvalue weighted by Crippen LogP contribution is -2.37. The monoisotopic (exact) mass is 161 g/mol. The first-order valence-corrected chi connectivity index (χ1v) is 3.91. The maximum Gasteiger partial charge on any atom is 0.0649 e. The molecule has 0 aliphatic heterocycles. The van der Waals surface area contributed by atoms with Crippen LogP contribution in [0.25, 0.3) is 0 Å². The molecule has 11 heavy (non-hydrogen) atoms. The second-order valence-electron chi connectivity index (χ2n) is 3.59. The number of hydrogen-bond acceptors (Lipinski definition) is 3. The molecule has 0 heterocycles. The van der Waals surface area contributed by atoms with Crippen molar-refractivity contribution in [1.82, 2.24) is 5.32 Å². The van der Waals surface area contributed by atoms with Gasteiger partial charge >= 0.3 is 0 Å². The van der Waals surface area contributed by atoms with Crippen LogP contribution in [0.1, 0.15) is 20.8 Å². The minimum absolute atomic E-state index is 0.0502. The minimum atomic E-state index is -0.121. The van der Waals surface area contributed by atoms with E-state index in [4.69, 9.17) is 9.84 Å². The maximum absolute atomic E-state index is 8.78. The van der Waals surface area contributed by atoms with Crippen LogP contribution in [-0.2, 0) is 4.74 Å². The maximum atomic E-state index is 8.78. The van der Waals surface area contributed by atoms with E-state index in [1.54, 1.807) is 0 Å². The Morgan fingerprint density at radius 2 is 2.00 bits per heavy atom. The van der Waals surface area contributed by atoms with E-state index in [1.165, 1.54) is 0 Å². The molecule has 0 rings (SSSR count). The van der Waals surface area contributed by atoms with Crippen LogP contribution in [0.2, 0.25) is 0 Å². The largest absolute Gasteiger partial charge is 0.395 e. The molecule has 0 fully saturated rings. The van der Waals surface area contributed by atoms with Crippen molar-refractivity contribution in [1.29, 1.82) is 0 Å². The van der Waals surface area contributed by atoms with Gasteiger partial charge in [0.1, 0.15) is 0 Å². The molecule has 0 aromatic heterocycles. The molecule has 0 aliphatic rings. The third-order valence-corrected chi connectivity index (χ3v) is 1.35. The molecule has 0 aromatic rings. The zero-order valence-corrected chi connectivity index (χ0v) is 7.85. The van der Waals surface area contributed by atoms with Gasteiger partial charge < -0.3 is 15.2 Å². The van der Waals surface area contributed by atoms with Gasteiger partial charge in [0.15, 0.2) is 0 Å². The lowest BCUT2D eigenvalue weighted by Gasteiger charge is -2.23. The molecule has 0 saturated carbocycles. The van der Waals surface area contributed by atoms with Crippen LogP contribution >= 0.6 is 0 Å². The van der Waals surface area contributed by atoms with Crippen LogP contribution in [0.15, 0.2) is 0 Å². The molecule has 0 aliphatic carbocycles. The Hall–Kier alpha value is -0.120. The zero-order chi connectivity index (χ0) is 8.91. The third-order valence-electron chi connectivity index (χ3n) is 1.35. The summed E-state index contributed by atoms with van der Waals surface area (Å²) in [6, 6.07) is 0.0502.